The number of hydrogen-bond donors (Lipinski definition) is 6. The summed E-state index contributed by atoms with van der Waals surface area (Å²) >= 11 is 0. The standard InChI is InChI=1S/2C3H2F2O4.BH2O3.Li/c2*4-3(5,1(6)7)2(8)9;2-1(3)4;/h2*(H,6,7)(H,8,9);2-3H;/q;;-1;+1. The Kier molecular flexibility index (Phi) is 14.8. The van der Waals surface area contributed by atoms with Crippen LogP contribution in [0.1, 0.15) is 0 Å². The monoisotopic (exact) mass is 348 g/mol. The van der Waals surface area contributed by atoms with E-state index in [1.165, 1.54) is 0 Å². The van der Waals surface area contributed by atoms with Crippen molar-refractivity contribution in [3.05, 3.63) is 0 Å². The predicted octanol–water partition coefficient (Wildman–Crippen LogP) is -6.10. The third-order valence-electron chi connectivity index (χ3n) is 1.07. The van der Waals surface area contributed by atoms with E-state index in [4.69, 9.17) is 35.5 Å². The maximum absolute atomic E-state index is 11.5. The summed E-state index contributed by atoms with van der Waals surface area (Å²) in [4.78, 5) is 37.3. The average Bonchev–Trinajstić information content (AvgIpc) is 2.27. The Morgan fingerprint density at radius 1 is 0.696 bits per heavy atom. The molecule has 0 amide bonds. The number of rotatable bonds is 4. The molecule has 0 unspecified atom stereocenters. The number of carboxylic acids is 4. The van der Waals surface area contributed by atoms with Gasteiger partial charge in [-0.2, -0.15) is 17.6 Å². The van der Waals surface area contributed by atoms with Crippen LogP contribution >= 0.6 is 0 Å². The third kappa shape index (κ3) is 13.5. The molecule has 6 N–H and O–H groups in total. The van der Waals surface area contributed by atoms with Gasteiger partial charge in [-0.25, -0.2) is 19.2 Å². The number of hydrogen-bond acceptors (Lipinski definition) is 7. The second-order valence-electron chi connectivity index (χ2n) is 2.70. The molecule has 0 aromatic rings. The number of halogens is 4. The molecule has 0 spiro atoms. The maximum atomic E-state index is 11.5. The van der Waals surface area contributed by atoms with Crippen LogP contribution in [0.4, 0.5) is 17.6 Å². The molecule has 0 bridgehead atoms. The summed E-state index contributed by atoms with van der Waals surface area (Å²) < 4.78 is 45.9. The zero-order valence-corrected chi connectivity index (χ0v) is 10.8. The van der Waals surface area contributed by atoms with Gasteiger partial charge in [0.25, 0.3) is 0 Å². The molecule has 11 nitrogen and oxygen atoms in total. The zero-order chi connectivity index (χ0) is 18.9. The summed E-state index contributed by atoms with van der Waals surface area (Å²) in [7, 11) is -2.42. The first-order valence-electron chi connectivity index (χ1n) is 4.22. The third-order valence-corrected chi connectivity index (χ3v) is 1.07. The van der Waals surface area contributed by atoms with Crippen LogP contribution in [-0.2, 0) is 19.2 Å². The van der Waals surface area contributed by atoms with Crippen LogP contribution < -0.4 is 23.9 Å². The minimum atomic E-state index is -4.67. The van der Waals surface area contributed by atoms with Gasteiger partial charge in [-0.15, -0.1) is 0 Å². The first-order valence-corrected chi connectivity index (χ1v) is 4.22. The van der Waals surface area contributed by atoms with Crippen LogP contribution in [0.3, 0.4) is 0 Å². The summed E-state index contributed by atoms with van der Waals surface area (Å²) in [5.41, 5.74) is 0. The Balaban J connectivity index is -0.000000124. The molecule has 0 aliphatic heterocycles. The molecule has 0 aromatic carbocycles. The second kappa shape index (κ2) is 11.7. The minimum Gasteiger partial charge on any atom is -0.832 e. The van der Waals surface area contributed by atoms with Crippen molar-refractivity contribution in [2.24, 2.45) is 0 Å². The molecule has 0 aliphatic rings. The Bertz CT molecular complexity index is 358. The Morgan fingerprint density at radius 2 is 0.783 bits per heavy atom. The van der Waals surface area contributed by atoms with E-state index in [2.05, 4.69) is 0 Å². The van der Waals surface area contributed by atoms with E-state index in [-0.39, 0.29) is 18.9 Å². The summed E-state index contributed by atoms with van der Waals surface area (Å²) in [5, 5.41) is 52.7. The quantitative estimate of drug-likeness (QED) is 0.160. The van der Waals surface area contributed by atoms with Gasteiger partial charge in [-0.05, 0) is 0 Å². The SMILES string of the molecule is O=C(O)C(F)(F)C(=O)O.O=C(O)C(F)(F)C(=O)O.[Li+].[O-]B(O)O. The normalized spacial score (nSPS) is 9.70. The van der Waals surface area contributed by atoms with Crippen LogP contribution in [0.2, 0.25) is 0 Å². The van der Waals surface area contributed by atoms with Gasteiger partial charge < -0.3 is 35.5 Å². The topological polar surface area (TPSA) is 213 Å². The van der Waals surface area contributed by atoms with Crippen LogP contribution in [0.5, 0.6) is 0 Å². The first kappa shape index (κ1) is 29.2. The van der Waals surface area contributed by atoms with E-state index in [0.717, 1.165) is 0 Å². The molecular formula is C6H6BF4LiO11. The van der Waals surface area contributed by atoms with Crippen molar-refractivity contribution in [3.63, 3.8) is 0 Å². The molecule has 23 heavy (non-hydrogen) atoms. The van der Waals surface area contributed by atoms with E-state index in [1.54, 1.807) is 0 Å². The number of carboxylic acid groups (broad SMARTS) is 4. The molecule has 0 atom stereocenters. The van der Waals surface area contributed by atoms with E-state index < -0.39 is 43.0 Å². The number of aliphatic carboxylic acids is 4. The van der Waals surface area contributed by atoms with Gasteiger partial charge in [0.05, 0.1) is 0 Å². The van der Waals surface area contributed by atoms with E-state index >= 15 is 0 Å². The number of carbonyl (C=O) groups is 4. The van der Waals surface area contributed by atoms with Gasteiger partial charge in [0, 0.05) is 0 Å². The molecule has 0 aliphatic carbocycles. The van der Waals surface area contributed by atoms with Crippen molar-refractivity contribution in [1.82, 2.24) is 0 Å². The van der Waals surface area contributed by atoms with Crippen molar-refractivity contribution in [2.45, 2.75) is 11.8 Å². The average molecular weight is 348 g/mol. The fraction of sp³-hybridized carbons (Fsp3) is 0.333. The van der Waals surface area contributed by atoms with Crippen molar-refractivity contribution >= 4 is 31.2 Å². The second-order valence-corrected chi connectivity index (χ2v) is 2.70. The smallest absolute Gasteiger partial charge is 0.832 e. The molecule has 0 heterocycles. The molecule has 0 saturated heterocycles. The Labute approximate surface area is 135 Å². The predicted molar refractivity (Wildman–Crippen MR) is 50.6 cm³/mol. The molecule has 0 saturated carbocycles. The van der Waals surface area contributed by atoms with Gasteiger partial charge in [0.15, 0.2) is 0 Å². The summed E-state index contributed by atoms with van der Waals surface area (Å²) in [6, 6.07) is 0. The summed E-state index contributed by atoms with van der Waals surface area (Å²) in [5.74, 6) is -20.0. The molecular weight excluding hydrogens is 342 g/mol. The van der Waals surface area contributed by atoms with E-state index in [0.29, 0.717) is 0 Å². The summed E-state index contributed by atoms with van der Waals surface area (Å²) in [6.07, 6.45) is 0. The van der Waals surface area contributed by atoms with Crippen LogP contribution in [0.15, 0.2) is 0 Å². The molecule has 0 radical (unpaired) electrons. The van der Waals surface area contributed by atoms with Crippen molar-refractivity contribution in [2.75, 3.05) is 0 Å². The molecule has 17 heteroatoms. The summed E-state index contributed by atoms with van der Waals surface area (Å²) in [6.45, 7) is 0. The van der Waals surface area contributed by atoms with Gasteiger partial charge >= 0.3 is 61.9 Å². The minimum absolute atomic E-state index is 0. The maximum Gasteiger partial charge on any atom is 1.00 e. The first-order chi connectivity index (χ1) is 9.51. The fourth-order valence-electron chi connectivity index (χ4n) is 0.183. The van der Waals surface area contributed by atoms with E-state index in [9.17, 15) is 36.7 Å². The van der Waals surface area contributed by atoms with Gasteiger partial charge in [0.2, 0.25) is 0 Å². The van der Waals surface area contributed by atoms with Gasteiger partial charge in [0.1, 0.15) is 0 Å². The van der Waals surface area contributed by atoms with Gasteiger partial charge in [-0.1, -0.05) is 0 Å². The van der Waals surface area contributed by atoms with Crippen LogP contribution in [0.25, 0.3) is 0 Å². The largest absolute Gasteiger partial charge is 1.00 e. The van der Waals surface area contributed by atoms with Crippen molar-refractivity contribution in [1.29, 1.82) is 0 Å². The van der Waals surface area contributed by atoms with Crippen molar-refractivity contribution < 1.29 is 91.1 Å². The number of alkyl halides is 4. The molecule has 0 aromatic heterocycles. The van der Waals surface area contributed by atoms with Crippen LogP contribution in [-0.4, -0.2) is 73.5 Å². The van der Waals surface area contributed by atoms with Gasteiger partial charge in [-0.3, -0.25) is 0 Å². The Morgan fingerprint density at radius 3 is 0.783 bits per heavy atom. The zero-order valence-electron chi connectivity index (χ0n) is 10.8. The van der Waals surface area contributed by atoms with E-state index in [1.807, 2.05) is 0 Å². The van der Waals surface area contributed by atoms with Crippen molar-refractivity contribution in [3.8, 4) is 0 Å². The fourth-order valence-corrected chi connectivity index (χ4v) is 0.183. The molecule has 0 rings (SSSR count). The molecule has 0 fully saturated rings. The Hall–Kier alpha value is -1.86. The molecule has 128 valence electrons. The van der Waals surface area contributed by atoms with Crippen LogP contribution in [0, 0.1) is 0 Å².